The molecule has 4 rings (SSSR count). The van der Waals surface area contributed by atoms with E-state index in [2.05, 4.69) is 10.2 Å². The van der Waals surface area contributed by atoms with Crippen molar-refractivity contribution in [3.8, 4) is 0 Å². The second-order valence-corrected chi connectivity index (χ2v) is 4.83. The fraction of sp³-hybridized carbons (Fsp3) is 0.0588. The Balaban J connectivity index is 0.000000186. The van der Waals surface area contributed by atoms with Gasteiger partial charge in [0.05, 0.1) is 6.20 Å². The molecule has 0 bridgehead atoms. The number of carbonyl (C=O) groups excluding carboxylic acids is 1. The van der Waals surface area contributed by atoms with Crippen LogP contribution in [0.1, 0.15) is 27.0 Å². The molecule has 4 nitrogen and oxygen atoms in total. The van der Waals surface area contributed by atoms with Gasteiger partial charge in [0.15, 0.2) is 5.78 Å². The fourth-order valence-electron chi connectivity index (χ4n) is 2.41. The van der Waals surface area contributed by atoms with Crippen LogP contribution in [0.4, 0.5) is 5.82 Å². The molecule has 0 amide bonds. The highest BCUT2D eigenvalue weighted by Gasteiger charge is 2.21. The lowest BCUT2D eigenvalue weighted by Gasteiger charge is -2.17. The summed E-state index contributed by atoms with van der Waals surface area (Å²) in [4.78, 5) is 12.1. The van der Waals surface area contributed by atoms with Crippen LogP contribution in [0.15, 0.2) is 60.8 Å². The van der Waals surface area contributed by atoms with Crippen molar-refractivity contribution in [2.75, 3.05) is 5.73 Å². The van der Waals surface area contributed by atoms with Gasteiger partial charge in [-0.3, -0.25) is 9.89 Å². The Kier molecular flexibility index (Phi) is 3.51. The molecule has 0 saturated heterocycles. The van der Waals surface area contributed by atoms with Crippen LogP contribution in [0.25, 0.3) is 0 Å². The SMILES string of the molecule is Nc1ccn[nH]1.O=C1c2ccccc2Cc2ccccc21. The topological polar surface area (TPSA) is 71.8 Å². The number of nitrogens with zero attached hydrogens (tertiary/aromatic N) is 1. The Hall–Kier alpha value is -2.88. The molecule has 0 unspecified atom stereocenters. The van der Waals surface area contributed by atoms with Gasteiger partial charge in [-0.25, -0.2) is 0 Å². The molecule has 0 fully saturated rings. The Morgan fingerprint density at radius 1 is 0.905 bits per heavy atom. The molecule has 1 heterocycles. The van der Waals surface area contributed by atoms with Crippen LogP contribution in [-0.2, 0) is 6.42 Å². The predicted molar refractivity (Wildman–Crippen MR) is 82.1 cm³/mol. The number of H-pyrrole nitrogens is 1. The lowest BCUT2D eigenvalue weighted by molar-refractivity contribution is 0.103. The first-order chi connectivity index (χ1) is 10.3. The smallest absolute Gasteiger partial charge is 0.193 e. The zero-order chi connectivity index (χ0) is 14.7. The lowest BCUT2D eigenvalue weighted by atomic mass is 9.85. The summed E-state index contributed by atoms with van der Waals surface area (Å²) < 4.78 is 0. The molecule has 104 valence electrons. The summed E-state index contributed by atoms with van der Waals surface area (Å²) in [5.74, 6) is 0.766. The zero-order valence-corrected chi connectivity index (χ0v) is 11.4. The molecular formula is C17H15N3O. The van der Waals surface area contributed by atoms with Crippen molar-refractivity contribution in [2.45, 2.75) is 6.42 Å². The molecule has 0 aliphatic heterocycles. The van der Waals surface area contributed by atoms with Gasteiger partial charge >= 0.3 is 0 Å². The standard InChI is InChI=1S/C14H10O.C3H5N3/c15-14-12-7-3-1-5-10(12)9-11-6-2-4-8-13(11)14;4-3-1-2-5-6-3/h1-8H,9H2;1-2H,(H3,4,5,6). The van der Waals surface area contributed by atoms with Gasteiger partial charge < -0.3 is 5.73 Å². The van der Waals surface area contributed by atoms with E-state index >= 15 is 0 Å². The Morgan fingerprint density at radius 3 is 1.90 bits per heavy atom. The van der Waals surface area contributed by atoms with Crippen molar-refractivity contribution < 1.29 is 4.79 Å². The summed E-state index contributed by atoms with van der Waals surface area (Å²) in [5.41, 5.74) is 9.15. The quantitative estimate of drug-likeness (QED) is 0.519. The van der Waals surface area contributed by atoms with E-state index in [4.69, 9.17) is 5.73 Å². The number of nitrogens with one attached hydrogen (secondary N) is 1. The molecule has 1 aromatic heterocycles. The third kappa shape index (κ3) is 2.69. The van der Waals surface area contributed by atoms with E-state index in [0.717, 1.165) is 28.7 Å². The number of rotatable bonds is 0. The number of nitrogens with two attached hydrogens (primary N) is 1. The maximum Gasteiger partial charge on any atom is 0.193 e. The average Bonchev–Trinajstić information content (AvgIpc) is 2.99. The highest BCUT2D eigenvalue weighted by atomic mass is 16.1. The van der Waals surface area contributed by atoms with E-state index in [9.17, 15) is 4.79 Å². The fourth-order valence-corrected chi connectivity index (χ4v) is 2.41. The van der Waals surface area contributed by atoms with E-state index in [0.29, 0.717) is 5.82 Å². The van der Waals surface area contributed by atoms with Crippen molar-refractivity contribution in [1.29, 1.82) is 0 Å². The molecule has 1 aliphatic carbocycles. The summed E-state index contributed by atoms with van der Waals surface area (Å²) in [6.45, 7) is 0. The minimum Gasteiger partial charge on any atom is -0.384 e. The van der Waals surface area contributed by atoms with Crippen LogP contribution in [-0.4, -0.2) is 16.0 Å². The van der Waals surface area contributed by atoms with Gasteiger partial charge in [0, 0.05) is 11.1 Å². The largest absolute Gasteiger partial charge is 0.384 e. The van der Waals surface area contributed by atoms with Crippen LogP contribution in [0.2, 0.25) is 0 Å². The first-order valence-electron chi connectivity index (χ1n) is 6.71. The number of ketones is 1. The van der Waals surface area contributed by atoms with Crippen molar-refractivity contribution in [3.63, 3.8) is 0 Å². The van der Waals surface area contributed by atoms with Crippen LogP contribution in [0.3, 0.4) is 0 Å². The van der Waals surface area contributed by atoms with Gasteiger partial charge in [0.25, 0.3) is 0 Å². The van der Waals surface area contributed by atoms with Gasteiger partial charge in [-0.05, 0) is 23.6 Å². The van der Waals surface area contributed by atoms with Gasteiger partial charge in [-0.2, -0.15) is 5.10 Å². The molecule has 3 aromatic rings. The zero-order valence-electron chi connectivity index (χ0n) is 11.4. The van der Waals surface area contributed by atoms with Gasteiger partial charge in [0.2, 0.25) is 0 Å². The number of carbonyl (C=O) groups is 1. The molecule has 1 aliphatic rings. The van der Waals surface area contributed by atoms with E-state index in [1.54, 1.807) is 12.3 Å². The van der Waals surface area contributed by atoms with Crippen molar-refractivity contribution >= 4 is 11.6 Å². The number of anilines is 1. The maximum absolute atomic E-state index is 12.1. The Morgan fingerprint density at radius 2 is 1.48 bits per heavy atom. The molecule has 0 radical (unpaired) electrons. The van der Waals surface area contributed by atoms with E-state index in [1.165, 1.54) is 0 Å². The number of aromatic nitrogens is 2. The highest BCUT2D eigenvalue weighted by Crippen LogP contribution is 2.26. The number of fused-ring (bicyclic) bond motifs is 2. The molecule has 0 spiro atoms. The van der Waals surface area contributed by atoms with Crippen LogP contribution >= 0.6 is 0 Å². The molecule has 0 saturated carbocycles. The summed E-state index contributed by atoms with van der Waals surface area (Å²) in [6, 6.07) is 17.4. The summed E-state index contributed by atoms with van der Waals surface area (Å²) >= 11 is 0. The van der Waals surface area contributed by atoms with Gasteiger partial charge in [-0.1, -0.05) is 48.5 Å². The molecule has 2 aromatic carbocycles. The van der Waals surface area contributed by atoms with E-state index in [-0.39, 0.29) is 5.78 Å². The monoisotopic (exact) mass is 277 g/mol. The normalized spacial score (nSPS) is 11.9. The Labute approximate surface area is 122 Å². The molecule has 21 heavy (non-hydrogen) atoms. The summed E-state index contributed by atoms with van der Waals surface area (Å²) in [7, 11) is 0. The second kappa shape index (κ2) is 5.63. The summed E-state index contributed by atoms with van der Waals surface area (Å²) in [6.07, 6.45) is 2.48. The molecule has 4 heteroatoms. The van der Waals surface area contributed by atoms with Crippen LogP contribution in [0, 0.1) is 0 Å². The lowest BCUT2D eigenvalue weighted by Crippen LogP contribution is -2.14. The van der Waals surface area contributed by atoms with Gasteiger partial charge in [-0.15, -0.1) is 0 Å². The van der Waals surface area contributed by atoms with Crippen LogP contribution in [0.5, 0.6) is 0 Å². The third-order valence-electron chi connectivity index (χ3n) is 3.43. The molecule has 0 atom stereocenters. The average molecular weight is 277 g/mol. The number of benzene rings is 2. The predicted octanol–water partition coefficient (Wildman–Crippen LogP) is 2.81. The van der Waals surface area contributed by atoms with Crippen LogP contribution < -0.4 is 5.73 Å². The highest BCUT2D eigenvalue weighted by molar-refractivity contribution is 6.12. The number of nitrogen functional groups attached to an aromatic ring is 1. The van der Waals surface area contributed by atoms with E-state index in [1.807, 2.05) is 48.5 Å². The number of aromatic amines is 1. The molecular weight excluding hydrogens is 262 g/mol. The van der Waals surface area contributed by atoms with Gasteiger partial charge in [0.1, 0.15) is 5.82 Å². The first-order valence-corrected chi connectivity index (χ1v) is 6.71. The number of hydrogen-bond acceptors (Lipinski definition) is 3. The third-order valence-corrected chi connectivity index (χ3v) is 3.43. The van der Waals surface area contributed by atoms with Crippen molar-refractivity contribution in [3.05, 3.63) is 83.0 Å². The Bertz CT molecular complexity index is 716. The number of hydrogen-bond donors (Lipinski definition) is 2. The minimum absolute atomic E-state index is 0.160. The maximum atomic E-state index is 12.1. The minimum atomic E-state index is 0.160. The summed E-state index contributed by atoms with van der Waals surface area (Å²) in [5, 5.41) is 6.10. The van der Waals surface area contributed by atoms with Crippen molar-refractivity contribution in [2.24, 2.45) is 0 Å². The van der Waals surface area contributed by atoms with Crippen molar-refractivity contribution in [1.82, 2.24) is 10.2 Å². The second-order valence-electron chi connectivity index (χ2n) is 4.83. The van der Waals surface area contributed by atoms with E-state index < -0.39 is 0 Å². The first kappa shape index (κ1) is 13.1. The molecule has 3 N–H and O–H groups in total.